The lowest BCUT2D eigenvalue weighted by Crippen LogP contribution is -2.35. The van der Waals surface area contributed by atoms with Gasteiger partial charge in [-0.15, -0.1) is 15.3 Å². The van der Waals surface area contributed by atoms with Crippen LogP contribution in [0.25, 0.3) is 5.65 Å². The molecule has 0 aliphatic carbocycles. The predicted octanol–water partition coefficient (Wildman–Crippen LogP) is 2.02. The predicted molar refractivity (Wildman–Crippen MR) is 90.3 cm³/mol. The monoisotopic (exact) mass is 342 g/mol. The van der Waals surface area contributed by atoms with Crippen molar-refractivity contribution in [3.05, 3.63) is 35.8 Å². The molecule has 1 aliphatic heterocycles. The number of ether oxygens (including phenoxy) is 1. The summed E-state index contributed by atoms with van der Waals surface area (Å²) in [6.45, 7) is 7.23. The molecule has 25 heavy (non-hydrogen) atoms. The number of fused-ring (bicyclic) bond motifs is 1. The quantitative estimate of drug-likeness (QED) is 0.701. The molecule has 1 fully saturated rings. The summed E-state index contributed by atoms with van der Waals surface area (Å²) in [6.07, 6.45) is 4.10. The number of imidazole rings is 1. The topological polar surface area (TPSA) is 81.6 Å². The first-order valence-corrected chi connectivity index (χ1v) is 8.63. The average molecular weight is 342 g/mol. The van der Waals surface area contributed by atoms with Crippen LogP contribution in [0, 0.1) is 19.8 Å². The Bertz CT molecular complexity index is 850. The minimum atomic E-state index is 0.544. The van der Waals surface area contributed by atoms with Crippen LogP contribution in [0.5, 0.6) is 5.88 Å². The smallest absolute Gasteiger partial charge is 0.231 e. The van der Waals surface area contributed by atoms with Crippen LogP contribution >= 0.6 is 0 Å². The number of aromatic nitrogens is 5. The van der Waals surface area contributed by atoms with Crippen LogP contribution < -0.4 is 4.74 Å². The zero-order chi connectivity index (χ0) is 17.2. The van der Waals surface area contributed by atoms with Crippen molar-refractivity contribution in [1.82, 2.24) is 29.7 Å². The van der Waals surface area contributed by atoms with Gasteiger partial charge >= 0.3 is 0 Å². The van der Waals surface area contributed by atoms with Gasteiger partial charge in [-0.2, -0.15) is 0 Å². The maximum absolute atomic E-state index is 5.90. The highest BCUT2D eigenvalue weighted by Gasteiger charge is 2.21. The third-order valence-electron chi connectivity index (χ3n) is 4.52. The first-order chi connectivity index (χ1) is 12.2. The van der Waals surface area contributed by atoms with E-state index >= 15 is 0 Å². The number of nitrogens with zero attached hydrogens (tertiary/aromatic N) is 6. The van der Waals surface area contributed by atoms with Gasteiger partial charge in [0.1, 0.15) is 0 Å². The van der Waals surface area contributed by atoms with Crippen LogP contribution in [0.1, 0.15) is 30.3 Å². The van der Waals surface area contributed by atoms with E-state index in [-0.39, 0.29) is 0 Å². The van der Waals surface area contributed by atoms with E-state index in [1.165, 1.54) is 0 Å². The number of piperidine rings is 1. The van der Waals surface area contributed by atoms with E-state index in [1.807, 2.05) is 32.2 Å². The summed E-state index contributed by atoms with van der Waals surface area (Å²) < 4.78 is 13.1. The molecule has 0 aromatic carbocycles. The average Bonchev–Trinajstić information content (AvgIpc) is 3.18. The molecule has 0 N–H and O–H groups in total. The summed E-state index contributed by atoms with van der Waals surface area (Å²) in [5.41, 5.74) is 1.79. The van der Waals surface area contributed by atoms with E-state index in [0.29, 0.717) is 30.2 Å². The lowest BCUT2D eigenvalue weighted by Gasteiger charge is -2.30. The Morgan fingerprint density at radius 1 is 1.20 bits per heavy atom. The third-order valence-corrected chi connectivity index (χ3v) is 4.52. The molecule has 3 aromatic rings. The Kier molecular flexibility index (Phi) is 4.35. The molecule has 0 radical (unpaired) electrons. The van der Waals surface area contributed by atoms with Gasteiger partial charge in [-0.05, 0) is 44.8 Å². The highest BCUT2D eigenvalue weighted by molar-refractivity contribution is 5.39. The lowest BCUT2D eigenvalue weighted by atomic mass is 9.98. The van der Waals surface area contributed by atoms with Crippen molar-refractivity contribution < 1.29 is 9.15 Å². The zero-order valence-corrected chi connectivity index (χ0v) is 14.6. The van der Waals surface area contributed by atoms with Crippen molar-refractivity contribution >= 4 is 5.65 Å². The number of hydrogen-bond donors (Lipinski definition) is 0. The molecule has 4 rings (SSSR count). The molecule has 4 heterocycles. The molecule has 132 valence electrons. The van der Waals surface area contributed by atoms with E-state index in [2.05, 4.69) is 25.2 Å². The van der Waals surface area contributed by atoms with Crippen molar-refractivity contribution in [2.24, 2.45) is 5.92 Å². The lowest BCUT2D eigenvalue weighted by molar-refractivity contribution is 0.126. The molecule has 0 amide bonds. The van der Waals surface area contributed by atoms with Gasteiger partial charge in [-0.1, -0.05) is 0 Å². The fourth-order valence-electron chi connectivity index (χ4n) is 3.17. The van der Waals surface area contributed by atoms with Crippen molar-refractivity contribution in [2.75, 3.05) is 19.7 Å². The molecule has 0 saturated carbocycles. The van der Waals surface area contributed by atoms with Gasteiger partial charge in [0.25, 0.3) is 0 Å². The summed E-state index contributed by atoms with van der Waals surface area (Å²) in [6, 6.07) is 3.82. The molecule has 1 aliphatic rings. The normalized spacial score (nSPS) is 16.6. The molecule has 0 unspecified atom stereocenters. The second kappa shape index (κ2) is 6.79. The molecular formula is C17H22N6O2. The van der Waals surface area contributed by atoms with E-state index in [0.717, 1.165) is 43.8 Å². The Hall–Kier alpha value is -2.48. The second-order valence-electron chi connectivity index (χ2n) is 6.60. The summed E-state index contributed by atoms with van der Waals surface area (Å²) in [7, 11) is 0. The molecule has 3 aromatic heterocycles. The standard InChI is InChI=1S/C17H22N6O2/c1-12-9-23-15(18-12)3-4-16(21-23)24-11-14-5-7-22(8-6-14)10-17-20-19-13(2)25-17/h3-4,9,14H,5-8,10-11H2,1-2H3. The number of hydrogen-bond acceptors (Lipinski definition) is 7. The number of aryl methyl sites for hydroxylation is 2. The second-order valence-corrected chi connectivity index (χ2v) is 6.60. The Morgan fingerprint density at radius 3 is 2.80 bits per heavy atom. The van der Waals surface area contributed by atoms with Gasteiger partial charge in [-0.3, -0.25) is 4.90 Å². The minimum Gasteiger partial charge on any atom is -0.476 e. The van der Waals surface area contributed by atoms with Crippen molar-refractivity contribution in [1.29, 1.82) is 0 Å². The van der Waals surface area contributed by atoms with Crippen LogP contribution in [0.3, 0.4) is 0 Å². The summed E-state index contributed by atoms with van der Waals surface area (Å²) in [4.78, 5) is 6.72. The molecule has 0 spiro atoms. The van der Waals surface area contributed by atoms with Crippen LogP contribution in [0.15, 0.2) is 22.7 Å². The Labute approximate surface area is 145 Å². The van der Waals surface area contributed by atoms with Crippen LogP contribution in [0.4, 0.5) is 0 Å². The minimum absolute atomic E-state index is 0.544. The molecule has 1 saturated heterocycles. The van der Waals surface area contributed by atoms with Gasteiger partial charge in [-0.25, -0.2) is 9.50 Å². The summed E-state index contributed by atoms with van der Waals surface area (Å²) in [5, 5.41) is 12.4. The highest BCUT2D eigenvalue weighted by atomic mass is 16.5. The number of likely N-dealkylation sites (tertiary alicyclic amines) is 1. The fraction of sp³-hybridized carbons (Fsp3) is 0.529. The Morgan fingerprint density at radius 2 is 2.04 bits per heavy atom. The summed E-state index contributed by atoms with van der Waals surface area (Å²) in [5.74, 6) is 2.51. The SMILES string of the molecule is Cc1cn2nc(OCC3CCN(Cc4nnc(C)o4)CC3)ccc2n1. The van der Waals surface area contributed by atoms with Crippen molar-refractivity contribution in [3.8, 4) is 5.88 Å². The maximum Gasteiger partial charge on any atom is 0.231 e. The largest absolute Gasteiger partial charge is 0.476 e. The van der Waals surface area contributed by atoms with Crippen LogP contribution in [0.2, 0.25) is 0 Å². The van der Waals surface area contributed by atoms with Crippen LogP contribution in [-0.4, -0.2) is 49.4 Å². The molecule has 0 bridgehead atoms. The van der Waals surface area contributed by atoms with Gasteiger partial charge < -0.3 is 9.15 Å². The first kappa shape index (κ1) is 16.0. The van der Waals surface area contributed by atoms with Crippen LogP contribution in [-0.2, 0) is 6.54 Å². The van der Waals surface area contributed by atoms with Gasteiger partial charge in [0.2, 0.25) is 17.7 Å². The molecule has 8 heteroatoms. The Balaban J connectivity index is 1.26. The first-order valence-electron chi connectivity index (χ1n) is 8.63. The van der Waals surface area contributed by atoms with Gasteiger partial charge in [0, 0.05) is 13.0 Å². The van der Waals surface area contributed by atoms with E-state index in [4.69, 9.17) is 9.15 Å². The highest BCUT2D eigenvalue weighted by Crippen LogP contribution is 2.20. The molecule has 0 atom stereocenters. The van der Waals surface area contributed by atoms with E-state index in [9.17, 15) is 0 Å². The van der Waals surface area contributed by atoms with E-state index < -0.39 is 0 Å². The summed E-state index contributed by atoms with van der Waals surface area (Å²) >= 11 is 0. The van der Waals surface area contributed by atoms with Crippen molar-refractivity contribution in [2.45, 2.75) is 33.2 Å². The zero-order valence-electron chi connectivity index (χ0n) is 14.6. The fourth-order valence-corrected chi connectivity index (χ4v) is 3.17. The van der Waals surface area contributed by atoms with E-state index in [1.54, 1.807) is 4.52 Å². The van der Waals surface area contributed by atoms with Crippen molar-refractivity contribution in [3.63, 3.8) is 0 Å². The van der Waals surface area contributed by atoms with Gasteiger partial charge in [0.15, 0.2) is 5.65 Å². The number of rotatable bonds is 5. The van der Waals surface area contributed by atoms with Gasteiger partial charge in [0.05, 0.1) is 25.0 Å². The third kappa shape index (κ3) is 3.79. The maximum atomic E-state index is 5.90. The molecular weight excluding hydrogens is 320 g/mol. The molecule has 8 nitrogen and oxygen atoms in total.